The molecule has 1 aromatic rings. The first-order valence-corrected chi connectivity index (χ1v) is 12.6. The van der Waals surface area contributed by atoms with Crippen LogP contribution in [-0.4, -0.2) is 58.0 Å². The summed E-state index contributed by atoms with van der Waals surface area (Å²) in [4.78, 5) is 40.9. The molecule has 2 heterocycles. The Morgan fingerprint density at radius 3 is 2.63 bits per heavy atom. The standard InChI is InChI=1S/C22H31N3O3S2/c1-13(2)12-23-18(26)16(10-11-29-5)24-19(27)17-22(3,4)30-21-15-9-7-6-8-14(15)20(28)25(17)21/h6-9,13,16-17,21H,10-12H2,1-5H3,(H,23,26)(H,24,27)/t16-,17-,21+/m0/s1. The zero-order valence-electron chi connectivity index (χ0n) is 18.2. The molecule has 0 spiro atoms. The van der Waals surface area contributed by atoms with Crippen molar-refractivity contribution in [2.24, 2.45) is 5.92 Å². The predicted molar refractivity (Wildman–Crippen MR) is 124 cm³/mol. The third-order valence-corrected chi connectivity index (χ3v) is 7.65. The molecule has 1 fully saturated rings. The Morgan fingerprint density at radius 1 is 1.27 bits per heavy atom. The van der Waals surface area contributed by atoms with E-state index in [0.717, 1.165) is 11.3 Å². The van der Waals surface area contributed by atoms with E-state index in [1.807, 2.05) is 58.2 Å². The van der Waals surface area contributed by atoms with Crippen molar-refractivity contribution in [2.45, 2.75) is 56.3 Å². The molecule has 30 heavy (non-hydrogen) atoms. The molecule has 0 bridgehead atoms. The number of hydrogen-bond donors (Lipinski definition) is 2. The van der Waals surface area contributed by atoms with Gasteiger partial charge < -0.3 is 15.5 Å². The van der Waals surface area contributed by atoms with Gasteiger partial charge in [-0.1, -0.05) is 32.0 Å². The highest BCUT2D eigenvalue weighted by Crippen LogP contribution is 2.56. The Balaban J connectivity index is 1.80. The van der Waals surface area contributed by atoms with Gasteiger partial charge in [0.15, 0.2) is 0 Å². The molecule has 0 radical (unpaired) electrons. The minimum absolute atomic E-state index is 0.112. The first-order valence-electron chi connectivity index (χ1n) is 10.3. The molecule has 1 saturated heterocycles. The van der Waals surface area contributed by atoms with Crippen LogP contribution >= 0.6 is 23.5 Å². The summed E-state index contributed by atoms with van der Waals surface area (Å²) in [6.07, 6.45) is 2.53. The molecular weight excluding hydrogens is 418 g/mol. The highest BCUT2D eigenvalue weighted by molar-refractivity contribution is 8.01. The van der Waals surface area contributed by atoms with Crippen LogP contribution in [0, 0.1) is 5.92 Å². The number of benzene rings is 1. The quantitative estimate of drug-likeness (QED) is 0.638. The smallest absolute Gasteiger partial charge is 0.256 e. The second-order valence-electron chi connectivity index (χ2n) is 8.76. The average molecular weight is 450 g/mol. The molecule has 0 aliphatic carbocycles. The summed E-state index contributed by atoms with van der Waals surface area (Å²) < 4.78 is -0.462. The predicted octanol–water partition coefficient (Wildman–Crippen LogP) is 3.05. The van der Waals surface area contributed by atoms with E-state index in [1.54, 1.807) is 28.4 Å². The summed E-state index contributed by atoms with van der Waals surface area (Å²) in [6.45, 7) is 8.62. The van der Waals surface area contributed by atoms with E-state index in [1.165, 1.54) is 0 Å². The summed E-state index contributed by atoms with van der Waals surface area (Å²) in [7, 11) is 0. The Morgan fingerprint density at radius 2 is 1.97 bits per heavy atom. The molecule has 2 aliphatic heterocycles. The normalized spacial score (nSPS) is 22.6. The van der Waals surface area contributed by atoms with Crippen molar-refractivity contribution in [3.8, 4) is 0 Å². The molecule has 1 aromatic carbocycles. The van der Waals surface area contributed by atoms with Crippen molar-refractivity contribution in [2.75, 3.05) is 18.6 Å². The third-order valence-electron chi connectivity index (χ3n) is 5.47. The van der Waals surface area contributed by atoms with Gasteiger partial charge in [-0.2, -0.15) is 11.8 Å². The molecule has 3 amide bonds. The molecule has 0 unspecified atom stereocenters. The number of rotatable bonds is 8. The van der Waals surface area contributed by atoms with Crippen LogP contribution in [-0.2, 0) is 9.59 Å². The van der Waals surface area contributed by atoms with Crippen LogP contribution in [0.1, 0.15) is 55.4 Å². The molecule has 3 atom stereocenters. The maximum atomic E-state index is 13.4. The summed E-state index contributed by atoms with van der Waals surface area (Å²) in [5.74, 6) is 0.555. The third kappa shape index (κ3) is 4.49. The first kappa shape index (κ1) is 23.0. The van der Waals surface area contributed by atoms with Gasteiger partial charge in [0.1, 0.15) is 17.5 Å². The van der Waals surface area contributed by atoms with E-state index in [4.69, 9.17) is 0 Å². The van der Waals surface area contributed by atoms with E-state index in [2.05, 4.69) is 10.6 Å². The molecular formula is C22H31N3O3S2. The summed E-state index contributed by atoms with van der Waals surface area (Å²) in [5.41, 5.74) is 1.63. The summed E-state index contributed by atoms with van der Waals surface area (Å²) in [6, 6.07) is 6.31. The molecule has 6 nitrogen and oxygen atoms in total. The molecule has 164 valence electrons. The van der Waals surface area contributed by atoms with Gasteiger partial charge in [-0.3, -0.25) is 14.4 Å². The van der Waals surface area contributed by atoms with Crippen molar-refractivity contribution in [3.63, 3.8) is 0 Å². The minimum Gasteiger partial charge on any atom is -0.354 e. The Kier molecular flexibility index (Phi) is 7.07. The number of carbonyl (C=O) groups is 3. The lowest BCUT2D eigenvalue weighted by atomic mass is 10.00. The number of hydrogen-bond acceptors (Lipinski definition) is 5. The van der Waals surface area contributed by atoms with Crippen LogP contribution in [0.4, 0.5) is 0 Å². The average Bonchev–Trinajstić information content (AvgIpc) is 3.12. The van der Waals surface area contributed by atoms with Crippen molar-refractivity contribution >= 4 is 41.2 Å². The zero-order chi connectivity index (χ0) is 22.1. The van der Waals surface area contributed by atoms with Crippen LogP contribution in [0.15, 0.2) is 24.3 Å². The second-order valence-corrected chi connectivity index (χ2v) is 11.5. The highest BCUT2D eigenvalue weighted by Gasteiger charge is 2.57. The summed E-state index contributed by atoms with van der Waals surface area (Å²) >= 11 is 3.27. The molecule has 3 rings (SSSR count). The maximum absolute atomic E-state index is 13.4. The van der Waals surface area contributed by atoms with Gasteiger partial charge in [0.05, 0.1) is 0 Å². The number of fused-ring (bicyclic) bond motifs is 3. The van der Waals surface area contributed by atoms with Crippen LogP contribution in [0.25, 0.3) is 0 Å². The topological polar surface area (TPSA) is 78.5 Å². The molecule has 0 saturated carbocycles. The van der Waals surface area contributed by atoms with E-state index >= 15 is 0 Å². The van der Waals surface area contributed by atoms with Crippen molar-refractivity contribution in [1.82, 2.24) is 15.5 Å². The van der Waals surface area contributed by atoms with Gasteiger partial charge in [-0.25, -0.2) is 0 Å². The Labute approximate surface area is 187 Å². The lowest BCUT2D eigenvalue weighted by Gasteiger charge is -2.31. The van der Waals surface area contributed by atoms with Gasteiger partial charge in [0.25, 0.3) is 5.91 Å². The number of nitrogens with one attached hydrogen (secondary N) is 2. The van der Waals surface area contributed by atoms with Crippen LogP contribution < -0.4 is 10.6 Å². The fourth-order valence-electron chi connectivity index (χ4n) is 3.99. The van der Waals surface area contributed by atoms with Gasteiger partial charge in [0, 0.05) is 16.9 Å². The van der Waals surface area contributed by atoms with Gasteiger partial charge in [-0.15, -0.1) is 11.8 Å². The number of thioether (sulfide) groups is 2. The van der Waals surface area contributed by atoms with E-state index < -0.39 is 16.8 Å². The van der Waals surface area contributed by atoms with E-state index in [0.29, 0.717) is 24.4 Å². The first-order chi connectivity index (χ1) is 14.2. The largest absolute Gasteiger partial charge is 0.354 e. The monoisotopic (exact) mass is 449 g/mol. The van der Waals surface area contributed by atoms with Crippen LogP contribution in [0.3, 0.4) is 0 Å². The fraction of sp³-hybridized carbons (Fsp3) is 0.591. The lowest BCUT2D eigenvalue weighted by molar-refractivity contribution is -0.131. The molecule has 0 aromatic heterocycles. The number of amides is 3. The minimum atomic E-state index is -0.637. The highest BCUT2D eigenvalue weighted by atomic mass is 32.2. The van der Waals surface area contributed by atoms with Crippen molar-refractivity contribution in [3.05, 3.63) is 35.4 Å². The maximum Gasteiger partial charge on any atom is 0.256 e. The Bertz CT molecular complexity index is 828. The van der Waals surface area contributed by atoms with Crippen LogP contribution in [0.5, 0.6) is 0 Å². The molecule has 8 heteroatoms. The zero-order valence-corrected chi connectivity index (χ0v) is 19.9. The Hall–Kier alpha value is -1.67. The number of carbonyl (C=O) groups excluding carboxylic acids is 3. The second kappa shape index (κ2) is 9.22. The van der Waals surface area contributed by atoms with Crippen molar-refractivity contribution in [1.29, 1.82) is 0 Å². The molecule has 2 aliphatic rings. The summed E-state index contributed by atoms with van der Waals surface area (Å²) in [5, 5.41) is 5.72. The van der Waals surface area contributed by atoms with Crippen molar-refractivity contribution < 1.29 is 14.4 Å². The van der Waals surface area contributed by atoms with Gasteiger partial charge >= 0.3 is 0 Å². The molecule has 2 N–H and O–H groups in total. The van der Waals surface area contributed by atoms with Crippen LogP contribution in [0.2, 0.25) is 0 Å². The fourth-order valence-corrected chi connectivity index (χ4v) is 6.05. The van der Waals surface area contributed by atoms with E-state index in [-0.39, 0.29) is 23.1 Å². The van der Waals surface area contributed by atoms with Gasteiger partial charge in [0.2, 0.25) is 11.8 Å². The lowest BCUT2D eigenvalue weighted by Crippen LogP contribution is -2.57. The SMILES string of the molecule is CSCC[C@H](NC(=O)[C@@H]1N2C(=O)c3ccccc3[C@H]2SC1(C)C)C(=O)NCC(C)C. The van der Waals surface area contributed by atoms with Gasteiger partial charge in [-0.05, 0) is 49.8 Å². The van der Waals surface area contributed by atoms with E-state index in [9.17, 15) is 14.4 Å². The number of nitrogens with zero attached hydrogens (tertiary/aromatic N) is 1.